The second kappa shape index (κ2) is 9.95. The number of H-pyrrole nitrogens is 1. The van der Waals surface area contributed by atoms with Crippen molar-refractivity contribution >= 4 is 34.0 Å². The zero-order valence-corrected chi connectivity index (χ0v) is 24.0. The number of hydrogen-bond donors (Lipinski definition) is 3. The summed E-state index contributed by atoms with van der Waals surface area (Å²) in [5.74, 6) is 0.427. The van der Waals surface area contributed by atoms with Crippen molar-refractivity contribution in [2.45, 2.75) is 76.8 Å². The highest BCUT2D eigenvalue weighted by Gasteiger charge is 2.56. The summed E-state index contributed by atoms with van der Waals surface area (Å²) in [7, 11) is 2.10. The number of nitrogens with zero attached hydrogens (tertiary/aromatic N) is 6. The number of nitrogens with one attached hydrogen (secondary N) is 2. The maximum atomic E-state index is 6.53. The van der Waals surface area contributed by atoms with Gasteiger partial charge in [-0.05, 0) is 57.0 Å². The number of aromatic nitrogens is 6. The smallest absolute Gasteiger partial charge is 0.201 e. The van der Waals surface area contributed by atoms with E-state index in [4.69, 9.17) is 24.9 Å². The van der Waals surface area contributed by atoms with Crippen LogP contribution in [0.4, 0.5) is 11.8 Å². The second-order valence-corrected chi connectivity index (χ2v) is 12.3. The highest BCUT2D eigenvalue weighted by atomic mass is 16.8. The van der Waals surface area contributed by atoms with Crippen LogP contribution in [-0.4, -0.2) is 85.2 Å². The molecule has 2 fully saturated rings. The van der Waals surface area contributed by atoms with E-state index in [1.54, 1.807) is 6.33 Å². The third kappa shape index (κ3) is 5.12. The number of nitrogen functional groups attached to an aromatic ring is 1. The van der Waals surface area contributed by atoms with Crippen molar-refractivity contribution in [1.29, 1.82) is 0 Å². The molecule has 12 heteroatoms. The molecule has 0 saturated carbocycles. The molecule has 2 aliphatic heterocycles. The Balaban J connectivity index is 1.06. The predicted molar refractivity (Wildman–Crippen MR) is 153 cm³/mol. The Morgan fingerprint density at radius 3 is 2.75 bits per heavy atom. The molecule has 0 amide bonds. The van der Waals surface area contributed by atoms with Crippen LogP contribution in [0.2, 0.25) is 0 Å². The van der Waals surface area contributed by atoms with Gasteiger partial charge in [-0.1, -0.05) is 26.8 Å². The second-order valence-electron chi connectivity index (χ2n) is 12.3. The fourth-order valence-corrected chi connectivity index (χ4v) is 5.60. The van der Waals surface area contributed by atoms with Gasteiger partial charge in [0.1, 0.15) is 30.2 Å². The Hall–Kier alpha value is -3.32. The molecule has 0 unspecified atom stereocenters. The third-order valence-electron chi connectivity index (χ3n) is 7.64. The number of benzene rings is 1. The molecular weight excluding hydrogens is 510 g/mol. The third-order valence-corrected chi connectivity index (χ3v) is 7.64. The fraction of sp³-hybridized carbons (Fsp3) is 0.571. The summed E-state index contributed by atoms with van der Waals surface area (Å²) in [6.45, 7) is 12.9. The summed E-state index contributed by atoms with van der Waals surface area (Å²) in [5.41, 5.74) is 10.6. The molecular formula is C28H39N9O3. The molecule has 0 bridgehead atoms. The van der Waals surface area contributed by atoms with Crippen LogP contribution in [0.1, 0.15) is 52.8 Å². The van der Waals surface area contributed by atoms with Crippen molar-refractivity contribution in [2.75, 3.05) is 37.7 Å². The lowest BCUT2D eigenvalue weighted by molar-refractivity contribution is -0.197. The van der Waals surface area contributed by atoms with Crippen molar-refractivity contribution in [3.05, 3.63) is 36.4 Å². The average Bonchev–Trinajstić information content (AvgIpc) is 3.63. The van der Waals surface area contributed by atoms with Gasteiger partial charge in [-0.2, -0.15) is 0 Å². The molecule has 5 heterocycles. The van der Waals surface area contributed by atoms with Crippen molar-refractivity contribution in [3.63, 3.8) is 0 Å². The van der Waals surface area contributed by atoms with Crippen molar-refractivity contribution in [3.8, 4) is 0 Å². The molecule has 214 valence electrons. The summed E-state index contributed by atoms with van der Waals surface area (Å²) in [6, 6.07) is 6.42. The monoisotopic (exact) mass is 549 g/mol. The number of hydrogen-bond acceptors (Lipinski definition) is 10. The number of ether oxygens (including phenoxy) is 3. The SMILES string of the molecule is CN(CCCNc1nc2ccc(C(C)(C)C)cc2[nH]1)C[C@H]1O[C@@H](n2cnc3c(N)ncnc32)[C@@H]2OC(C)(C)O[C@@H]21. The highest BCUT2D eigenvalue weighted by molar-refractivity contribution is 5.81. The largest absolute Gasteiger partial charge is 0.382 e. The quantitative estimate of drug-likeness (QED) is 0.280. The van der Waals surface area contributed by atoms with Gasteiger partial charge in [-0.25, -0.2) is 19.9 Å². The first kappa shape index (κ1) is 26.9. The molecule has 40 heavy (non-hydrogen) atoms. The topological polar surface area (TPSA) is 141 Å². The zero-order chi connectivity index (χ0) is 28.2. The average molecular weight is 550 g/mol. The van der Waals surface area contributed by atoms with Crippen LogP contribution in [0, 0.1) is 0 Å². The Kier molecular flexibility index (Phi) is 6.68. The number of imidazole rings is 2. The van der Waals surface area contributed by atoms with E-state index in [0.29, 0.717) is 23.5 Å². The molecule has 4 N–H and O–H groups in total. The minimum Gasteiger partial charge on any atom is -0.382 e. The molecule has 6 rings (SSSR count). The van der Waals surface area contributed by atoms with Crippen LogP contribution in [-0.2, 0) is 19.6 Å². The fourth-order valence-electron chi connectivity index (χ4n) is 5.60. The summed E-state index contributed by atoms with van der Waals surface area (Å²) in [6.07, 6.45) is 2.94. The lowest BCUT2D eigenvalue weighted by Crippen LogP contribution is -2.39. The molecule has 2 saturated heterocycles. The molecule has 0 spiro atoms. The summed E-state index contributed by atoms with van der Waals surface area (Å²) in [4.78, 5) is 23.2. The van der Waals surface area contributed by atoms with Gasteiger partial charge in [-0.15, -0.1) is 0 Å². The number of anilines is 2. The van der Waals surface area contributed by atoms with Gasteiger partial charge in [0.2, 0.25) is 5.95 Å². The van der Waals surface area contributed by atoms with Gasteiger partial charge in [-0.3, -0.25) is 4.57 Å². The molecule has 0 aliphatic carbocycles. The first-order valence-electron chi connectivity index (χ1n) is 13.9. The summed E-state index contributed by atoms with van der Waals surface area (Å²) in [5, 5.41) is 3.43. The minimum atomic E-state index is -0.706. The van der Waals surface area contributed by atoms with Gasteiger partial charge in [0.25, 0.3) is 0 Å². The van der Waals surface area contributed by atoms with Crippen LogP contribution in [0.15, 0.2) is 30.9 Å². The van der Waals surface area contributed by atoms with Crippen LogP contribution in [0.25, 0.3) is 22.2 Å². The van der Waals surface area contributed by atoms with Gasteiger partial charge < -0.3 is 35.1 Å². The first-order valence-corrected chi connectivity index (χ1v) is 13.9. The Labute approximate surface area is 233 Å². The Bertz CT molecular complexity index is 1510. The number of nitrogens with two attached hydrogens (primary N) is 1. The first-order chi connectivity index (χ1) is 19.0. The summed E-state index contributed by atoms with van der Waals surface area (Å²) < 4.78 is 21.0. The van der Waals surface area contributed by atoms with Gasteiger partial charge in [0.15, 0.2) is 23.5 Å². The number of fused-ring (bicyclic) bond motifs is 3. The molecule has 12 nitrogen and oxygen atoms in total. The zero-order valence-electron chi connectivity index (χ0n) is 24.0. The van der Waals surface area contributed by atoms with E-state index in [2.05, 4.69) is 76.2 Å². The lowest BCUT2D eigenvalue weighted by Gasteiger charge is -2.27. The van der Waals surface area contributed by atoms with Crippen LogP contribution >= 0.6 is 0 Å². The van der Waals surface area contributed by atoms with Crippen LogP contribution < -0.4 is 11.1 Å². The van der Waals surface area contributed by atoms with Crippen molar-refractivity contribution in [2.24, 2.45) is 0 Å². The summed E-state index contributed by atoms with van der Waals surface area (Å²) >= 11 is 0. The molecule has 2 aliphatic rings. The molecule has 4 aromatic rings. The predicted octanol–water partition coefficient (Wildman–Crippen LogP) is 3.43. The van der Waals surface area contributed by atoms with E-state index in [1.807, 2.05) is 18.4 Å². The van der Waals surface area contributed by atoms with Gasteiger partial charge in [0, 0.05) is 13.1 Å². The normalized spacial score (nSPS) is 24.4. The number of rotatable bonds is 8. The van der Waals surface area contributed by atoms with Crippen molar-refractivity contribution < 1.29 is 14.2 Å². The van der Waals surface area contributed by atoms with Gasteiger partial charge in [0.05, 0.1) is 17.4 Å². The standard InChI is InChI=1S/C28H39N9O3/c1-27(2,3)16-8-9-17-18(12-16)35-26(34-17)30-10-7-11-36(6)13-19-21-22(40-28(4,5)39-21)25(38-19)37-15-33-20-23(29)31-14-32-24(20)37/h8-9,12,14-15,19,21-22,25H,7,10-11,13H2,1-6H3,(H2,29,31,32)(H2,30,34,35)/t19-,21-,22-,25-/m1/s1. The van der Waals surface area contributed by atoms with E-state index in [1.165, 1.54) is 11.9 Å². The van der Waals surface area contributed by atoms with E-state index in [9.17, 15) is 0 Å². The number of aromatic amines is 1. The van der Waals surface area contributed by atoms with E-state index >= 15 is 0 Å². The van der Waals surface area contributed by atoms with Crippen LogP contribution in [0.5, 0.6) is 0 Å². The van der Waals surface area contributed by atoms with Crippen LogP contribution in [0.3, 0.4) is 0 Å². The molecule has 1 aromatic carbocycles. The highest BCUT2D eigenvalue weighted by Crippen LogP contribution is 2.44. The minimum absolute atomic E-state index is 0.0981. The number of likely N-dealkylation sites (N-methyl/N-ethyl adjacent to an activating group) is 1. The lowest BCUT2D eigenvalue weighted by atomic mass is 9.87. The molecule has 0 radical (unpaired) electrons. The Morgan fingerprint density at radius 2 is 1.95 bits per heavy atom. The maximum absolute atomic E-state index is 6.53. The molecule has 4 atom stereocenters. The van der Waals surface area contributed by atoms with E-state index < -0.39 is 12.0 Å². The Morgan fingerprint density at radius 1 is 1.15 bits per heavy atom. The van der Waals surface area contributed by atoms with Crippen molar-refractivity contribution in [1.82, 2.24) is 34.4 Å². The maximum Gasteiger partial charge on any atom is 0.201 e. The van der Waals surface area contributed by atoms with E-state index in [-0.39, 0.29) is 23.7 Å². The molecule has 3 aromatic heterocycles. The van der Waals surface area contributed by atoms with Gasteiger partial charge >= 0.3 is 0 Å². The van der Waals surface area contributed by atoms with E-state index in [0.717, 1.165) is 36.5 Å².